The maximum Gasteiger partial charge on any atom is 0.119 e. The summed E-state index contributed by atoms with van der Waals surface area (Å²) in [6, 6.07) is 8.67. The molecular formula is C15H24N2O2. The van der Waals surface area contributed by atoms with Gasteiger partial charge in [0.25, 0.3) is 0 Å². The topological polar surface area (TPSA) is 47.7 Å². The minimum Gasteiger partial charge on any atom is -0.497 e. The Hall–Kier alpha value is -1.10. The van der Waals surface area contributed by atoms with Crippen molar-refractivity contribution in [1.82, 2.24) is 4.90 Å². The van der Waals surface area contributed by atoms with Crippen LogP contribution in [0.25, 0.3) is 0 Å². The van der Waals surface area contributed by atoms with Gasteiger partial charge in [-0.25, -0.2) is 0 Å². The Morgan fingerprint density at radius 3 is 2.95 bits per heavy atom. The molecule has 0 saturated carbocycles. The van der Waals surface area contributed by atoms with E-state index in [4.69, 9.17) is 15.2 Å². The molecule has 4 nitrogen and oxygen atoms in total. The standard InChI is InChI=1S/C15H24N2O2/c1-18-10-9-17-8-4-7-14(16)15(17)12-5-3-6-13(11-12)19-2/h3,5-6,11,14-15H,4,7-10,16H2,1-2H3. The molecule has 1 aromatic carbocycles. The van der Waals surface area contributed by atoms with E-state index in [0.717, 1.165) is 38.3 Å². The van der Waals surface area contributed by atoms with Crippen LogP contribution in [-0.2, 0) is 4.74 Å². The zero-order valence-electron chi connectivity index (χ0n) is 11.8. The van der Waals surface area contributed by atoms with Crippen molar-refractivity contribution in [2.24, 2.45) is 5.73 Å². The average molecular weight is 264 g/mol. The molecule has 0 bridgehead atoms. The number of nitrogens with zero attached hydrogens (tertiary/aromatic N) is 1. The van der Waals surface area contributed by atoms with E-state index in [-0.39, 0.29) is 12.1 Å². The number of hydrogen-bond donors (Lipinski definition) is 1. The molecule has 1 heterocycles. The minimum atomic E-state index is 0.178. The van der Waals surface area contributed by atoms with Gasteiger partial charge in [0, 0.05) is 19.7 Å². The third kappa shape index (κ3) is 3.47. The molecule has 0 spiro atoms. The highest BCUT2D eigenvalue weighted by molar-refractivity contribution is 5.31. The molecule has 0 aliphatic carbocycles. The van der Waals surface area contributed by atoms with Gasteiger partial charge in [0.2, 0.25) is 0 Å². The molecule has 0 radical (unpaired) electrons. The highest BCUT2D eigenvalue weighted by Crippen LogP contribution is 2.31. The molecule has 1 aromatic rings. The zero-order valence-corrected chi connectivity index (χ0v) is 11.8. The second-order valence-corrected chi connectivity index (χ2v) is 5.06. The number of piperidine rings is 1. The van der Waals surface area contributed by atoms with Gasteiger partial charge in [0.1, 0.15) is 5.75 Å². The summed E-state index contributed by atoms with van der Waals surface area (Å²) in [6.45, 7) is 2.75. The molecule has 1 aliphatic rings. The summed E-state index contributed by atoms with van der Waals surface area (Å²) < 4.78 is 10.5. The van der Waals surface area contributed by atoms with Crippen molar-refractivity contribution in [3.05, 3.63) is 29.8 Å². The zero-order chi connectivity index (χ0) is 13.7. The fourth-order valence-corrected chi connectivity index (χ4v) is 2.84. The lowest BCUT2D eigenvalue weighted by Gasteiger charge is -2.40. The van der Waals surface area contributed by atoms with Gasteiger partial charge in [-0.2, -0.15) is 0 Å². The van der Waals surface area contributed by atoms with Crippen molar-refractivity contribution in [2.75, 3.05) is 33.9 Å². The molecule has 4 heteroatoms. The number of rotatable bonds is 5. The summed E-state index contributed by atoms with van der Waals surface area (Å²) in [7, 11) is 3.44. The lowest BCUT2D eigenvalue weighted by atomic mass is 9.91. The first-order valence-electron chi connectivity index (χ1n) is 6.88. The van der Waals surface area contributed by atoms with E-state index < -0.39 is 0 Å². The monoisotopic (exact) mass is 264 g/mol. The molecule has 19 heavy (non-hydrogen) atoms. The molecule has 0 aromatic heterocycles. The van der Waals surface area contributed by atoms with E-state index >= 15 is 0 Å². The van der Waals surface area contributed by atoms with Crippen LogP contribution in [0.4, 0.5) is 0 Å². The number of nitrogens with two attached hydrogens (primary N) is 1. The van der Waals surface area contributed by atoms with Crippen LogP contribution >= 0.6 is 0 Å². The van der Waals surface area contributed by atoms with Crippen LogP contribution in [0.1, 0.15) is 24.4 Å². The largest absolute Gasteiger partial charge is 0.497 e. The number of benzene rings is 1. The predicted molar refractivity (Wildman–Crippen MR) is 76.4 cm³/mol. The van der Waals surface area contributed by atoms with E-state index in [9.17, 15) is 0 Å². The molecule has 2 rings (SSSR count). The van der Waals surface area contributed by atoms with Crippen LogP contribution in [0.15, 0.2) is 24.3 Å². The molecule has 106 valence electrons. The van der Waals surface area contributed by atoms with E-state index in [2.05, 4.69) is 17.0 Å². The van der Waals surface area contributed by atoms with Crippen molar-refractivity contribution < 1.29 is 9.47 Å². The van der Waals surface area contributed by atoms with Crippen LogP contribution in [0.2, 0.25) is 0 Å². The lowest BCUT2D eigenvalue weighted by Crippen LogP contribution is -2.46. The molecule has 1 fully saturated rings. The smallest absolute Gasteiger partial charge is 0.119 e. The van der Waals surface area contributed by atoms with Crippen molar-refractivity contribution in [3.63, 3.8) is 0 Å². The van der Waals surface area contributed by atoms with E-state index in [1.807, 2.05) is 12.1 Å². The highest BCUT2D eigenvalue weighted by Gasteiger charge is 2.30. The summed E-state index contributed by atoms with van der Waals surface area (Å²) in [5.74, 6) is 0.891. The summed E-state index contributed by atoms with van der Waals surface area (Å²) in [6.07, 6.45) is 2.23. The molecular weight excluding hydrogens is 240 g/mol. The molecule has 1 saturated heterocycles. The first-order chi connectivity index (χ1) is 9.26. The Labute approximate surface area is 115 Å². The van der Waals surface area contributed by atoms with Crippen molar-refractivity contribution >= 4 is 0 Å². The van der Waals surface area contributed by atoms with Gasteiger partial charge in [-0.3, -0.25) is 4.90 Å². The second kappa shape index (κ2) is 6.89. The fraction of sp³-hybridized carbons (Fsp3) is 0.600. The van der Waals surface area contributed by atoms with E-state index in [0.29, 0.717) is 0 Å². The van der Waals surface area contributed by atoms with Crippen molar-refractivity contribution in [2.45, 2.75) is 24.9 Å². The first kappa shape index (κ1) is 14.3. The van der Waals surface area contributed by atoms with Gasteiger partial charge in [-0.05, 0) is 37.1 Å². The Morgan fingerprint density at radius 1 is 1.37 bits per heavy atom. The quantitative estimate of drug-likeness (QED) is 0.881. The predicted octanol–water partition coefficient (Wildman–Crippen LogP) is 1.81. The fourth-order valence-electron chi connectivity index (χ4n) is 2.84. The summed E-state index contributed by atoms with van der Waals surface area (Å²) in [5.41, 5.74) is 7.58. The maximum absolute atomic E-state index is 6.34. The highest BCUT2D eigenvalue weighted by atomic mass is 16.5. The summed E-state index contributed by atoms with van der Waals surface area (Å²) in [5, 5.41) is 0. The molecule has 2 atom stereocenters. The molecule has 2 N–H and O–H groups in total. The number of ether oxygens (including phenoxy) is 2. The van der Waals surface area contributed by atoms with Crippen LogP contribution in [0, 0.1) is 0 Å². The SMILES string of the molecule is COCCN1CCCC(N)C1c1cccc(OC)c1. The average Bonchev–Trinajstić information content (AvgIpc) is 2.45. The Kier molecular flexibility index (Phi) is 5.19. The maximum atomic E-state index is 6.34. The minimum absolute atomic E-state index is 0.178. The second-order valence-electron chi connectivity index (χ2n) is 5.06. The van der Waals surface area contributed by atoms with Gasteiger partial charge in [0.15, 0.2) is 0 Å². The third-order valence-corrected chi connectivity index (χ3v) is 3.80. The third-order valence-electron chi connectivity index (χ3n) is 3.80. The van der Waals surface area contributed by atoms with Gasteiger partial charge >= 0.3 is 0 Å². The van der Waals surface area contributed by atoms with Crippen LogP contribution < -0.4 is 10.5 Å². The van der Waals surface area contributed by atoms with Crippen LogP contribution in [-0.4, -0.2) is 44.9 Å². The van der Waals surface area contributed by atoms with Crippen molar-refractivity contribution in [1.29, 1.82) is 0 Å². The molecule has 2 unspecified atom stereocenters. The molecule has 0 amide bonds. The van der Waals surface area contributed by atoms with Crippen LogP contribution in [0.5, 0.6) is 5.75 Å². The Bertz CT molecular complexity index is 397. The Balaban J connectivity index is 2.19. The van der Waals surface area contributed by atoms with Gasteiger partial charge < -0.3 is 15.2 Å². The van der Waals surface area contributed by atoms with Gasteiger partial charge in [0.05, 0.1) is 19.8 Å². The van der Waals surface area contributed by atoms with E-state index in [1.54, 1.807) is 14.2 Å². The summed E-state index contributed by atoms with van der Waals surface area (Å²) in [4.78, 5) is 2.42. The first-order valence-corrected chi connectivity index (χ1v) is 6.88. The number of methoxy groups -OCH3 is 2. The Morgan fingerprint density at radius 2 is 2.21 bits per heavy atom. The number of likely N-dealkylation sites (tertiary alicyclic amines) is 1. The normalized spacial score (nSPS) is 24.4. The lowest BCUT2D eigenvalue weighted by molar-refractivity contribution is 0.0847. The van der Waals surface area contributed by atoms with Crippen molar-refractivity contribution in [3.8, 4) is 5.75 Å². The van der Waals surface area contributed by atoms with Crippen LogP contribution in [0.3, 0.4) is 0 Å². The summed E-state index contributed by atoms with van der Waals surface area (Å²) >= 11 is 0. The van der Waals surface area contributed by atoms with Gasteiger partial charge in [-0.1, -0.05) is 12.1 Å². The van der Waals surface area contributed by atoms with Gasteiger partial charge in [-0.15, -0.1) is 0 Å². The number of hydrogen-bond acceptors (Lipinski definition) is 4. The van der Waals surface area contributed by atoms with E-state index in [1.165, 1.54) is 5.56 Å². The molecule has 1 aliphatic heterocycles.